The van der Waals surface area contributed by atoms with Crippen molar-refractivity contribution in [1.82, 2.24) is 0 Å². The summed E-state index contributed by atoms with van der Waals surface area (Å²) in [5.41, 5.74) is 1.50. The molecule has 118 valence electrons. The Hall–Kier alpha value is -2.86. The van der Waals surface area contributed by atoms with E-state index in [9.17, 15) is 5.26 Å². The van der Waals surface area contributed by atoms with Crippen molar-refractivity contribution in [1.29, 1.82) is 5.26 Å². The Morgan fingerprint density at radius 2 is 1.79 bits per heavy atom. The fourth-order valence-corrected chi connectivity index (χ4v) is 3.62. The highest BCUT2D eigenvalue weighted by atomic mass is 16.5. The Morgan fingerprint density at radius 3 is 2.46 bits per heavy atom. The minimum atomic E-state index is -0.809. The summed E-state index contributed by atoms with van der Waals surface area (Å²) in [5, 5.41) is 9.99. The molecule has 1 atom stereocenters. The van der Waals surface area contributed by atoms with Crippen LogP contribution in [-0.2, 0) is 10.3 Å². The van der Waals surface area contributed by atoms with Gasteiger partial charge in [-0.1, -0.05) is 54.6 Å². The van der Waals surface area contributed by atoms with Crippen molar-refractivity contribution in [2.75, 3.05) is 0 Å². The van der Waals surface area contributed by atoms with E-state index in [2.05, 4.69) is 11.1 Å². The molecule has 0 N–H and O–H groups in total. The lowest BCUT2D eigenvalue weighted by Crippen LogP contribution is -2.43. The molecule has 1 aliphatic heterocycles. The van der Waals surface area contributed by atoms with Crippen LogP contribution in [0.3, 0.4) is 0 Å². The molecule has 3 heteroatoms. The van der Waals surface area contributed by atoms with Crippen LogP contribution in [0, 0.1) is 16.7 Å². The molecule has 0 amide bonds. The standard InChI is InChI=1S/C21H18N2O/c1-2-8-19-23-18-12-7-6-11-17(18)21(24-19,20(15-22)13-14-20)16-9-4-3-5-10-16/h2-12H,13-14H2,1H3/b8-2+. The number of benzene rings is 2. The van der Waals surface area contributed by atoms with E-state index in [-0.39, 0.29) is 0 Å². The number of fused-ring (bicyclic) bond motifs is 1. The Kier molecular flexibility index (Phi) is 3.28. The number of hydrogen-bond donors (Lipinski definition) is 0. The molecule has 0 radical (unpaired) electrons. The summed E-state index contributed by atoms with van der Waals surface area (Å²) in [6.45, 7) is 1.94. The van der Waals surface area contributed by atoms with Gasteiger partial charge in [-0.25, -0.2) is 4.99 Å². The van der Waals surface area contributed by atoms with Crippen molar-refractivity contribution >= 4 is 11.6 Å². The zero-order valence-corrected chi connectivity index (χ0v) is 13.6. The molecule has 1 unspecified atom stereocenters. The SMILES string of the molecule is C/C=C/C1=Nc2ccccc2C(c2ccccc2)(C2(C#N)CC2)O1. The van der Waals surface area contributed by atoms with Gasteiger partial charge in [0, 0.05) is 11.1 Å². The van der Waals surface area contributed by atoms with Gasteiger partial charge in [-0.3, -0.25) is 0 Å². The van der Waals surface area contributed by atoms with Gasteiger partial charge in [0.15, 0.2) is 5.60 Å². The third kappa shape index (κ3) is 1.93. The molecule has 2 aromatic carbocycles. The molecule has 0 bridgehead atoms. The maximum absolute atomic E-state index is 9.99. The summed E-state index contributed by atoms with van der Waals surface area (Å²) in [6.07, 6.45) is 5.43. The molecule has 1 fully saturated rings. The predicted molar refractivity (Wildman–Crippen MR) is 93.9 cm³/mol. The van der Waals surface area contributed by atoms with Crippen LogP contribution in [0.25, 0.3) is 0 Å². The topological polar surface area (TPSA) is 45.4 Å². The van der Waals surface area contributed by atoms with Gasteiger partial charge in [-0.2, -0.15) is 5.26 Å². The third-order valence-electron chi connectivity index (χ3n) is 4.90. The largest absolute Gasteiger partial charge is 0.459 e. The first-order valence-corrected chi connectivity index (χ1v) is 8.22. The van der Waals surface area contributed by atoms with Crippen LogP contribution in [0.15, 0.2) is 71.7 Å². The van der Waals surface area contributed by atoms with Gasteiger partial charge < -0.3 is 4.74 Å². The molecule has 2 aromatic rings. The van der Waals surface area contributed by atoms with E-state index in [1.165, 1.54) is 0 Å². The lowest BCUT2D eigenvalue weighted by molar-refractivity contribution is 0.0402. The molecule has 3 nitrogen and oxygen atoms in total. The van der Waals surface area contributed by atoms with E-state index < -0.39 is 11.0 Å². The highest BCUT2D eigenvalue weighted by Gasteiger charge is 2.65. The van der Waals surface area contributed by atoms with E-state index in [1.54, 1.807) is 0 Å². The fourth-order valence-electron chi connectivity index (χ4n) is 3.62. The van der Waals surface area contributed by atoms with Crippen LogP contribution in [0.2, 0.25) is 0 Å². The van der Waals surface area contributed by atoms with Crippen LogP contribution < -0.4 is 0 Å². The molecule has 0 aromatic heterocycles. The summed E-state index contributed by atoms with van der Waals surface area (Å²) in [7, 11) is 0. The summed E-state index contributed by atoms with van der Waals surface area (Å²) in [5.74, 6) is 0.557. The van der Waals surface area contributed by atoms with Gasteiger partial charge in [0.25, 0.3) is 0 Å². The van der Waals surface area contributed by atoms with Crippen molar-refractivity contribution in [3.8, 4) is 6.07 Å². The molecule has 1 heterocycles. The maximum Gasteiger partial charge on any atom is 0.214 e. The van der Waals surface area contributed by atoms with Crippen LogP contribution in [0.4, 0.5) is 5.69 Å². The molecule has 0 saturated heterocycles. The molecule has 1 aliphatic carbocycles. The second-order valence-electron chi connectivity index (χ2n) is 6.31. The number of nitriles is 1. The van der Waals surface area contributed by atoms with Gasteiger partial charge in [0.05, 0.1) is 11.8 Å². The van der Waals surface area contributed by atoms with Gasteiger partial charge >= 0.3 is 0 Å². The molecule has 1 saturated carbocycles. The van der Waals surface area contributed by atoms with Gasteiger partial charge in [0.2, 0.25) is 5.90 Å². The zero-order valence-electron chi connectivity index (χ0n) is 13.6. The Bertz CT molecular complexity index is 872. The van der Waals surface area contributed by atoms with Crippen LogP contribution >= 0.6 is 0 Å². The van der Waals surface area contributed by atoms with E-state index in [4.69, 9.17) is 4.74 Å². The van der Waals surface area contributed by atoms with Crippen LogP contribution in [0.5, 0.6) is 0 Å². The number of para-hydroxylation sites is 1. The van der Waals surface area contributed by atoms with E-state index in [0.717, 1.165) is 29.7 Å². The van der Waals surface area contributed by atoms with Crippen molar-refractivity contribution in [3.63, 3.8) is 0 Å². The highest BCUT2D eigenvalue weighted by molar-refractivity contribution is 5.92. The van der Waals surface area contributed by atoms with Gasteiger partial charge in [-0.15, -0.1) is 0 Å². The average molecular weight is 314 g/mol. The quantitative estimate of drug-likeness (QED) is 0.811. The molecule has 24 heavy (non-hydrogen) atoms. The average Bonchev–Trinajstić information content (AvgIpc) is 3.43. The number of hydrogen-bond acceptors (Lipinski definition) is 3. The second-order valence-corrected chi connectivity index (χ2v) is 6.31. The number of rotatable bonds is 3. The second kappa shape index (κ2) is 5.35. The zero-order chi connectivity index (χ0) is 16.6. The molecule has 0 spiro atoms. The highest BCUT2D eigenvalue weighted by Crippen LogP contribution is 2.64. The first-order valence-electron chi connectivity index (χ1n) is 8.22. The summed E-state index contributed by atoms with van der Waals surface area (Å²) in [6, 6.07) is 20.6. The number of aliphatic imine (C=N–C) groups is 1. The lowest BCUT2D eigenvalue weighted by Gasteiger charge is -2.42. The first kappa shape index (κ1) is 14.7. The van der Waals surface area contributed by atoms with Crippen molar-refractivity contribution in [2.24, 2.45) is 10.4 Å². The van der Waals surface area contributed by atoms with Crippen molar-refractivity contribution in [3.05, 3.63) is 77.9 Å². The third-order valence-corrected chi connectivity index (χ3v) is 4.90. The minimum Gasteiger partial charge on any atom is -0.459 e. The predicted octanol–water partition coefficient (Wildman–Crippen LogP) is 4.87. The summed E-state index contributed by atoms with van der Waals surface area (Å²) in [4.78, 5) is 4.63. The number of allylic oxidation sites excluding steroid dienone is 1. The van der Waals surface area contributed by atoms with Crippen molar-refractivity contribution < 1.29 is 4.74 Å². The Balaban J connectivity index is 2.04. The smallest absolute Gasteiger partial charge is 0.214 e. The van der Waals surface area contributed by atoms with E-state index in [1.807, 2.05) is 73.7 Å². The number of nitrogens with zero attached hydrogens (tertiary/aromatic N) is 2. The van der Waals surface area contributed by atoms with Crippen molar-refractivity contribution in [2.45, 2.75) is 25.4 Å². The monoisotopic (exact) mass is 314 g/mol. The Labute approximate surface area is 141 Å². The normalized spacial score (nSPS) is 23.8. The first-order chi connectivity index (χ1) is 11.8. The molecular weight excluding hydrogens is 296 g/mol. The number of ether oxygens (including phenoxy) is 1. The van der Waals surface area contributed by atoms with E-state index in [0.29, 0.717) is 5.90 Å². The minimum absolute atomic E-state index is 0.548. The summed E-state index contributed by atoms with van der Waals surface area (Å²) < 4.78 is 6.49. The molecule has 4 rings (SSSR count). The molecular formula is C21H18N2O. The van der Waals surface area contributed by atoms with E-state index >= 15 is 0 Å². The van der Waals surface area contributed by atoms with Crippen LogP contribution in [0.1, 0.15) is 30.9 Å². The van der Waals surface area contributed by atoms with Gasteiger partial charge in [-0.05, 0) is 31.9 Å². The van der Waals surface area contributed by atoms with Gasteiger partial charge in [0.1, 0.15) is 5.41 Å². The fraction of sp³-hybridized carbons (Fsp3) is 0.238. The maximum atomic E-state index is 9.99. The summed E-state index contributed by atoms with van der Waals surface area (Å²) >= 11 is 0. The van der Waals surface area contributed by atoms with Crippen LogP contribution in [-0.4, -0.2) is 5.90 Å². The molecule has 2 aliphatic rings. The lowest BCUT2D eigenvalue weighted by atomic mass is 9.73. The Morgan fingerprint density at radius 1 is 1.08 bits per heavy atom.